The van der Waals surface area contributed by atoms with E-state index in [-0.39, 0.29) is 18.2 Å². The smallest absolute Gasteiger partial charge is 0.407 e. The fraction of sp³-hybridized carbons (Fsp3) is 0.667. The van der Waals surface area contributed by atoms with Crippen molar-refractivity contribution in [2.24, 2.45) is 0 Å². The second kappa shape index (κ2) is 5.87. The molecule has 112 valence electrons. The number of nitrogens with one attached hydrogen (secondary N) is 1. The predicted octanol–water partition coefficient (Wildman–Crippen LogP) is 2.94. The standard InChI is InChI=1S/C15H24N2O3/c1-11(13-6-5-9-19-13)17-8-7-12(10-17)16-14(18)20-15(2,3)4/h5-6,9,11-12H,7-8,10H2,1-4H3,(H,16,18)/t11-,12+/m1/s1. The lowest BCUT2D eigenvalue weighted by molar-refractivity contribution is 0.0504. The van der Waals surface area contributed by atoms with Crippen LogP contribution in [0.25, 0.3) is 0 Å². The summed E-state index contributed by atoms with van der Waals surface area (Å²) in [6, 6.07) is 4.26. The van der Waals surface area contributed by atoms with E-state index < -0.39 is 5.60 Å². The van der Waals surface area contributed by atoms with Crippen LogP contribution in [-0.2, 0) is 4.74 Å². The number of rotatable bonds is 3. The molecule has 0 saturated carbocycles. The lowest BCUT2D eigenvalue weighted by Gasteiger charge is -2.24. The van der Waals surface area contributed by atoms with Gasteiger partial charge in [0.2, 0.25) is 0 Å². The van der Waals surface area contributed by atoms with Crippen LogP contribution in [0.15, 0.2) is 22.8 Å². The van der Waals surface area contributed by atoms with E-state index in [1.807, 2.05) is 32.9 Å². The highest BCUT2D eigenvalue weighted by Gasteiger charge is 2.29. The van der Waals surface area contributed by atoms with Crippen LogP contribution in [0.3, 0.4) is 0 Å². The molecule has 2 heterocycles. The first-order chi connectivity index (χ1) is 9.35. The minimum Gasteiger partial charge on any atom is -0.468 e. The highest BCUT2D eigenvalue weighted by Crippen LogP contribution is 2.25. The zero-order valence-electron chi connectivity index (χ0n) is 12.7. The molecule has 0 unspecified atom stereocenters. The number of alkyl carbamates (subject to hydrolysis) is 1. The molecule has 20 heavy (non-hydrogen) atoms. The van der Waals surface area contributed by atoms with Crippen molar-refractivity contribution in [2.45, 2.75) is 51.8 Å². The Morgan fingerprint density at radius 2 is 2.30 bits per heavy atom. The molecule has 0 aliphatic carbocycles. The van der Waals surface area contributed by atoms with Gasteiger partial charge in [0, 0.05) is 19.1 Å². The number of amides is 1. The number of furan rings is 1. The van der Waals surface area contributed by atoms with Gasteiger partial charge in [0.15, 0.2) is 0 Å². The number of hydrogen-bond acceptors (Lipinski definition) is 4. The van der Waals surface area contributed by atoms with Gasteiger partial charge in [-0.15, -0.1) is 0 Å². The summed E-state index contributed by atoms with van der Waals surface area (Å²) in [6.45, 7) is 9.49. The molecule has 5 nitrogen and oxygen atoms in total. The van der Waals surface area contributed by atoms with Crippen LogP contribution < -0.4 is 5.32 Å². The van der Waals surface area contributed by atoms with Gasteiger partial charge in [-0.05, 0) is 46.2 Å². The summed E-state index contributed by atoms with van der Waals surface area (Å²) in [5, 5.41) is 2.93. The number of likely N-dealkylation sites (tertiary alicyclic amines) is 1. The van der Waals surface area contributed by atoms with Crippen molar-refractivity contribution < 1.29 is 13.9 Å². The van der Waals surface area contributed by atoms with Gasteiger partial charge in [0.05, 0.1) is 12.3 Å². The molecule has 1 aromatic rings. The van der Waals surface area contributed by atoms with Gasteiger partial charge >= 0.3 is 6.09 Å². The van der Waals surface area contributed by atoms with E-state index >= 15 is 0 Å². The largest absolute Gasteiger partial charge is 0.468 e. The monoisotopic (exact) mass is 280 g/mol. The van der Waals surface area contributed by atoms with E-state index in [1.165, 1.54) is 0 Å². The van der Waals surface area contributed by atoms with Crippen LogP contribution in [0.1, 0.15) is 45.9 Å². The molecule has 1 amide bonds. The van der Waals surface area contributed by atoms with Crippen LogP contribution in [0, 0.1) is 0 Å². The van der Waals surface area contributed by atoms with Crippen molar-refractivity contribution >= 4 is 6.09 Å². The first-order valence-electron chi connectivity index (χ1n) is 7.12. The van der Waals surface area contributed by atoms with E-state index in [4.69, 9.17) is 9.15 Å². The van der Waals surface area contributed by atoms with Crippen molar-refractivity contribution in [1.82, 2.24) is 10.2 Å². The van der Waals surface area contributed by atoms with Crippen LogP contribution in [-0.4, -0.2) is 35.7 Å². The lowest BCUT2D eigenvalue weighted by atomic mass is 10.2. The Bertz CT molecular complexity index is 436. The minimum atomic E-state index is -0.455. The van der Waals surface area contributed by atoms with Crippen molar-refractivity contribution in [3.05, 3.63) is 24.2 Å². The summed E-state index contributed by atoms with van der Waals surface area (Å²) < 4.78 is 10.7. The van der Waals surface area contributed by atoms with Gasteiger partial charge in [-0.3, -0.25) is 4.90 Å². The number of carbonyl (C=O) groups excluding carboxylic acids is 1. The summed E-state index contributed by atoms with van der Waals surface area (Å²) in [4.78, 5) is 14.1. The molecule has 1 aliphatic heterocycles. The Balaban J connectivity index is 1.82. The molecule has 2 atom stereocenters. The summed E-state index contributed by atoms with van der Waals surface area (Å²) >= 11 is 0. The fourth-order valence-corrected chi connectivity index (χ4v) is 2.44. The molecule has 0 spiro atoms. The maximum absolute atomic E-state index is 11.7. The molecule has 2 rings (SSSR count). The SMILES string of the molecule is C[C@H](c1ccco1)N1CC[C@H](NC(=O)OC(C)(C)C)C1. The Morgan fingerprint density at radius 3 is 2.90 bits per heavy atom. The molecule has 1 aliphatic rings. The third kappa shape index (κ3) is 4.00. The van der Waals surface area contributed by atoms with Gasteiger partial charge in [-0.1, -0.05) is 0 Å². The maximum atomic E-state index is 11.7. The molecular formula is C15H24N2O3. The Kier molecular flexibility index (Phi) is 4.38. The van der Waals surface area contributed by atoms with Gasteiger partial charge < -0.3 is 14.5 Å². The average molecular weight is 280 g/mol. The minimum absolute atomic E-state index is 0.141. The topological polar surface area (TPSA) is 54.7 Å². The third-order valence-electron chi connectivity index (χ3n) is 3.44. The van der Waals surface area contributed by atoms with Crippen LogP contribution in [0.4, 0.5) is 4.79 Å². The Morgan fingerprint density at radius 1 is 1.55 bits per heavy atom. The summed E-state index contributed by atoms with van der Waals surface area (Å²) in [6.07, 6.45) is 2.29. The van der Waals surface area contributed by atoms with Crippen molar-refractivity contribution in [3.63, 3.8) is 0 Å². The summed E-state index contributed by atoms with van der Waals surface area (Å²) in [5.41, 5.74) is -0.455. The quantitative estimate of drug-likeness (QED) is 0.925. The predicted molar refractivity (Wildman–Crippen MR) is 76.5 cm³/mol. The summed E-state index contributed by atoms with van der Waals surface area (Å²) in [5.74, 6) is 0.961. The van der Waals surface area contributed by atoms with E-state index in [0.717, 1.165) is 25.3 Å². The third-order valence-corrected chi connectivity index (χ3v) is 3.44. The Hall–Kier alpha value is -1.49. The van der Waals surface area contributed by atoms with Crippen LogP contribution in [0.2, 0.25) is 0 Å². The van der Waals surface area contributed by atoms with Crippen molar-refractivity contribution in [3.8, 4) is 0 Å². The number of nitrogens with zero attached hydrogens (tertiary/aromatic N) is 1. The molecule has 1 fully saturated rings. The second-order valence-corrected chi connectivity index (χ2v) is 6.32. The number of carbonyl (C=O) groups is 1. The number of hydrogen-bond donors (Lipinski definition) is 1. The van der Waals surface area contributed by atoms with Crippen molar-refractivity contribution in [2.75, 3.05) is 13.1 Å². The van der Waals surface area contributed by atoms with Gasteiger partial charge in [-0.25, -0.2) is 4.79 Å². The zero-order chi connectivity index (χ0) is 14.8. The van der Waals surface area contributed by atoms with Crippen LogP contribution in [0.5, 0.6) is 0 Å². The number of ether oxygens (including phenoxy) is 1. The van der Waals surface area contributed by atoms with Gasteiger partial charge in [-0.2, -0.15) is 0 Å². The van der Waals surface area contributed by atoms with Crippen LogP contribution >= 0.6 is 0 Å². The average Bonchev–Trinajstić information content (AvgIpc) is 2.95. The molecule has 5 heteroatoms. The van der Waals surface area contributed by atoms with E-state index in [1.54, 1.807) is 6.26 Å². The normalized spacial score (nSPS) is 21.7. The molecular weight excluding hydrogens is 256 g/mol. The molecule has 0 bridgehead atoms. The zero-order valence-corrected chi connectivity index (χ0v) is 12.7. The van der Waals surface area contributed by atoms with Crippen molar-refractivity contribution in [1.29, 1.82) is 0 Å². The maximum Gasteiger partial charge on any atom is 0.407 e. The van der Waals surface area contributed by atoms with E-state index in [0.29, 0.717) is 0 Å². The summed E-state index contributed by atoms with van der Waals surface area (Å²) in [7, 11) is 0. The fourth-order valence-electron chi connectivity index (χ4n) is 2.44. The molecule has 1 aromatic heterocycles. The van der Waals surface area contributed by atoms with Gasteiger partial charge in [0.1, 0.15) is 11.4 Å². The molecule has 0 radical (unpaired) electrons. The first-order valence-corrected chi connectivity index (χ1v) is 7.12. The lowest BCUT2D eigenvalue weighted by Crippen LogP contribution is -2.40. The highest BCUT2D eigenvalue weighted by molar-refractivity contribution is 5.68. The van der Waals surface area contributed by atoms with E-state index in [2.05, 4.69) is 17.1 Å². The molecule has 1 saturated heterocycles. The Labute approximate surface area is 120 Å². The van der Waals surface area contributed by atoms with Gasteiger partial charge in [0.25, 0.3) is 0 Å². The molecule has 1 N–H and O–H groups in total. The second-order valence-electron chi connectivity index (χ2n) is 6.32. The van der Waals surface area contributed by atoms with E-state index in [9.17, 15) is 4.79 Å². The highest BCUT2D eigenvalue weighted by atomic mass is 16.6. The molecule has 0 aromatic carbocycles. The first kappa shape index (κ1) is 14.9.